The molecule has 1 aromatic carbocycles. The summed E-state index contributed by atoms with van der Waals surface area (Å²) in [5.41, 5.74) is 1.71. The minimum atomic E-state index is -0.621. The van der Waals surface area contributed by atoms with Crippen molar-refractivity contribution in [2.45, 2.75) is 25.6 Å². The number of hydrogen-bond acceptors (Lipinski definition) is 4. The van der Waals surface area contributed by atoms with Gasteiger partial charge in [-0.3, -0.25) is 4.98 Å². The first-order chi connectivity index (χ1) is 9.16. The molecule has 4 nitrogen and oxygen atoms in total. The molecule has 0 radical (unpaired) electrons. The largest absolute Gasteiger partial charge is 0.508 e. The van der Waals surface area contributed by atoms with E-state index in [1.807, 2.05) is 25.1 Å². The van der Waals surface area contributed by atoms with Crippen LogP contribution in [0, 0.1) is 0 Å². The van der Waals surface area contributed by atoms with Gasteiger partial charge in [-0.25, -0.2) is 0 Å². The van der Waals surface area contributed by atoms with E-state index in [1.54, 1.807) is 30.5 Å². The maximum absolute atomic E-state index is 10.2. The molecule has 19 heavy (non-hydrogen) atoms. The Hall–Kier alpha value is -1.91. The predicted octanol–water partition coefficient (Wildman–Crippen LogP) is 2.00. The van der Waals surface area contributed by atoms with Crippen LogP contribution in [-0.2, 0) is 6.54 Å². The van der Waals surface area contributed by atoms with Crippen molar-refractivity contribution in [1.82, 2.24) is 10.3 Å². The van der Waals surface area contributed by atoms with Gasteiger partial charge in [-0.1, -0.05) is 18.2 Å². The summed E-state index contributed by atoms with van der Waals surface area (Å²) >= 11 is 0. The molecular formula is C15H18N2O2. The van der Waals surface area contributed by atoms with Gasteiger partial charge >= 0.3 is 0 Å². The Morgan fingerprint density at radius 3 is 2.53 bits per heavy atom. The molecule has 2 aromatic rings. The Kier molecular flexibility index (Phi) is 4.49. The number of aliphatic hydroxyl groups excluding tert-OH is 1. The number of phenols is 1. The van der Waals surface area contributed by atoms with E-state index < -0.39 is 6.10 Å². The van der Waals surface area contributed by atoms with Crippen LogP contribution in [0.1, 0.15) is 24.3 Å². The fraction of sp³-hybridized carbons (Fsp3) is 0.267. The molecule has 0 aliphatic carbocycles. The fourth-order valence-corrected chi connectivity index (χ4v) is 1.84. The van der Waals surface area contributed by atoms with Crippen LogP contribution >= 0.6 is 0 Å². The highest BCUT2D eigenvalue weighted by atomic mass is 16.3. The lowest BCUT2D eigenvalue weighted by Crippen LogP contribution is -2.31. The lowest BCUT2D eigenvalue weighted by molar-refractivity contribution is 0.135. The van der Waals surface area contributed by atoms with Crippen LogP contribution in [0.5, 0.6) is 5.75 Å². The van der Waals surface area contributed by atoms with Crippen molar-refractivity contribution in [3.8, 4) is 5.75 Å². The number of benzene rings is 1. The van der Waals surface area contributed by atoms with Gasteiger partial charge in [-0.05, 0) is 36.8 Å². The number of aliphatic hydroxyl groups is 1. The van der Waals surface area contributed by atoms with Crippen LogP contribution in [0.2, 0.25) is 0 Å². The highest BCUT2D eigenvalue weighted by Crippen LogP contribution is 2.19. The molecule has 1 heterocycles. The van der Waals surface area contributed by atoms with Gasteiger partial charge in [0.15, 0.2) is 0 Å². The molecule has 0 saturated heterocycles. The molecule has 0 saturated carbocycles. The number of aromatic nitrogens is 1. The van der Waals surface area contributed by atoms with E-state index in [2.05, 4.69) is 10.3 Å². The van der Waals surface area contributed by atoms with Gasteiger partial charge in [0.2, 0.25) is 0 Å². The Bertz CT molecular complexity index is 499. The summed E-state index contributed by atoms with van der Waals surface area (Å²) in [5, 5.41) is 22.7. The van der Waals surface area contributed by atoms with Crippen molar-refractivity contribution in [1.29, 1.82) is 0 Å². The molecular weight excluding hydrogens is 240 g/mol. The zero-order valence-corrected chi connectivity index (χ0v) is 10.8. The van der Waals surface area contributed by atoms with Crippen LogP contribution in [0.15, 0.2) is 48.7 Å². The molecule has 2 unspecified atom stereocenters. The molecule has 2 rings (SSSR count). The van der Waals surface area contributed by atoms with Gasteiger partial charge in [-0.15, -0.1) is 0 Å². The van der Waals surface area contributed by atoms with E-state index in [-0.39, 0.29) is 11.8 Å². The van der Waals surface area contributed by atoms with Gasteiger partial charge in [0.1, 0.15) is 5.75 Å². The third-order valence-corrected chi connectivity index (χ3v) is 3.04. The Morgan fingerprint density at radius 2 is 1.89 bits per heavy atom. The van der Waals surface area contributed by atoms with Gasteiger partial charge in [0, 0.05) is 18.8 Å². The third-order valence-electron chi connectivity index (χ3n) is 3.04. The maximum atomic E-state index is 10.2. The average molecular weight is 258 g/mol. The number of rotatable bonds is 5. The summed E-state index contributed by atoms with van der Waals surface area (Å²) in [7, 11) is 0. The first-order valence-electron chi connectivity index (χ1n) is 6.27. The molecule has 3 N–H and O–H groups in total. The number of nitrogens with one attached hydrogen (secondary N) is 1. The quantitative estimate of drug-likeness (QED) is 0.767. The average Bonchev–Trinajstić information content (AvgIpc) is 2.46. The number of aromatic hydroxyl groups is 1. The lowest BCUT2D eigenvalue weighted by atomic mass is 10.0. The minimum Gasteiger partial charge on any atom is -0.508 e. The summed E-state index contributed by atoms with van der Waals surface area (Å²) < 4.78 is 0. The van der Waals surface area contributed by atoms with Gasteiger partial charge < -0.3 is 15.5 Å². The number of phenolic OH excluding ortho intramolecular Hbond substituents is 1. The summed E-state index contributed by atoms with van der Waals surface area (Å²) in [6.45, 7) is 2.53. The molecule has 0 amide bonds. The molecule has 100 valence electrons. The number of nitrogens with zero attached hydrogens (tertiary/aromatic N) is 1. The number of pyridine rings is 1. The van der Waals surface area contributed by atoms with Crippen molar-refractivity contribution in [3.63, 3.8) is 0 Å². The second-order valence-electron chi connectivity index (χ2n) is 4.53. The lowest BCUT2D eigenvalue weighted by Gasteiger charge is -2.20. The van der Waals surface area contributed by atoms with Gasteiger partial charge in [0.25, 0.3) is 0 Å². The second-order valence-corrected chi connectivity index (χ2v) is 4.53. The molecule has 0 fully saturated rings. The highest BCUT2D eigenvalue weighted by molar-refractivity contribution is 5.27. The SMILES string of the molecule is CC(NCc1ccccn1)C(O)c1ccc(O)cc1. The Balaban J connectivity index is 1.92. The predicted molar refractivity (Wildman–Crippen MR) is 73.6 cm³/mol. The molecule has 1 aromatic heterocycles. The monoisotopic (exact) mass is 258 g/mol. The smallest absolute Gasteiger partial charge is 0.115 e. The summed E-state index contributed by atoms with van der Waals surface area (Å²) in [5.74, 6) is 0.199. The second kappa shape index (κ2) is 6.31. The Morgan fingerprint density at radius 1 is 1.16 bits per heavy atom. The van der Waals surface area contributed by atoms with E-state index >= 15 is 0 Å². The molecule has 4 heteroatoms. The highest BCUT2D eigenvalue weighted by Gasteiger charge is 2.15. The van der Waals surface area contributed by atoms with Crippen molar-refractivity contribution in [2.75, 3.05) is 0 Å². The molecule has 2 atom stereocenters. The summed E-state index contributed by atoms with van der Waals surface area (Å²) in [4.78, 5) is 4.22. The third kappa shape index (κ3) is 3.77. The van der Waals surface area contributed by atoms with E-state index in [4.69, 9.17) is 0 Å². The van der Waals surface area contributed by atoms with Gasteiger partial charge in [-0.2, -0.15) is 0 Å². The van der Waals surface area contributed by atoms with Crippen molar-refractivity contribution >= 4 is 0 Å². The standard InChI is InChI=1S/C15H18N2O2/c1-11(17-10-13-4-2-3-9-16-13)15(19)12-5-7-14(18)8-6-12/h2-9,11,15,17-19H,10H2,1H3. The van der Waals surface area contributed by atoms with Crippen LogP contribution in [0.3, 0.4) is 0 Å². The van der Waals surface area contributed by atoms with Crippen LogP contribution < -0.4 is 5.32 Å². The topological polar surface area (TPSA) is 65.4 Å². The van der Waals surface area contributed by atoms with Crippen molar-refractivity contribution in [2.24, 2.45) is 0 Å². The summed E-state index contributed by atoms with van der Waals surface area (Å²) in [6.07, 6.45) is 1.13. The zero-order valence-electron chi connectivity index (χ0n) is 10.8. The van der Waals surface area contributed by atoms with Crippen LogP contribution in [0.25, 0.3) is 0 Å². The zero-order chi connectivity index (χ0) is 13.7. The van der Waals surface area contributed by atoms with E-state index in [0.717, 1.165) is 11.3 Å². The van der Waals surface area contributed by atoms with E-state index in [9.17, 15) is 10.2 Å². The molecule has 0 aliphatic heterocycles. The summed E-state index contributed by atoms with van der Waals surface area (Å²) in [6, 6.07) is 12.2. The first-order valence-corrected chi connectivity index (χ1v) is 6.27. The number of hydrogen-bond donors (Lipinski definition) is 3. The normalized spacial score (nSPS) is 14.0. The fourth-order valence-electron chi connectivity index (χ4n) is 1.84. The Labute approximate surface area is 112 Å². The van der Waals surface area contributed by atoms with E-state index in [0.29, 0.717) is 6.54 Å². The molecule has 0 aliphatic rings. The minimum absolute atomic E-state index is 0.105. The van der Waals surface area contributed by atoms with Crippen molar-refractivity contribution in [3.05, 3.63) is 59.9 Å². The first kappa shape index (κ1) is 13.5. The molecule has 0 spiro atoms. The van der Waals surface area contributed by atoms with Crippen molar-refractivity contribution < 1.29 is 10.2 Å². The maximum Gasteiger partial charge on any atom is 0.115 e. The van der Waals surface area contributed by atoms with E-state index in [1.165, 1.54) is 0 Å². The molecule has 0 bridgehead atoms. The van der Waals surface area contributed by atoms with Gasteiger partial charge in [0.05, 0.1) is 11.8 Å². The van der Waals surface area contributed by atoms with Crippen LogP contribution in [0.4, 0.5) is 0 Å². The van der Waals surface area contributed by atoms with Crippen LogP contribution in [-0.4, -0.2) is 21.2 Å².